The summed E-state index contributed by atoms with van der Waals surface area (Å²) in [6, 6.07) is 12.0. The Balaban J connectivity index is 2.39. The quantitative estimate of drug-likeness (QED) is 0.339. The fraction of sp³-hybridized carbons (Fsp3) is 0.455. The van der Waals surface area contributed by atoms with Crippen LogP contribution < -0.4 is 18.9 Å². The molecule has 0 heterocycles. The number of ether oxygens (including phenoxy) is 4. The molecule has 0 bridgehead atoms. The zero-order chi connectivity index (χ0) is 28.6. The summed E-state index contributed by atoms with van der Waals surface area (Å²) < 4.78 is 23.8. The van der Waals surface area contributed by atoms with E-state index in [1.165, 1.54) is 5.56 Å². The monoisotopic (exact) mass is 520 g/mol. The van der Waals surface area contributed by atoms with Crippen LogP contribution in [0.25, 0.3) is 22.3 Å². The first-order chi connectivity index (χ1) is 17.6. The van der Waals surface area contributed by atoms with Crippen molar-refractivity contribution >= 4 is 0 Å². The molecule has 0 unspecified atom stereocenters. The lowest BCUT2D eigenvalue weighted by atomic mass is 9.82. The summed E-state index contributed by atoms with van der Waals surface area (Å²) in [7, 11) is 4.92. The second-order valence-corrected chi connectivity index (χ2v) is 12.2. The van der Waals surface area contributed by atoms with E-state index in [9.17, 15) is 5.11 Å². The van der Waals surface area contributed by atoms with Gasteiger partial charge in [0.15, 0.2) is 0 Å². The Hall–Kier alpha value is -3.34. The molecule has 0 fully saturated rings. The highest BCUT2D eigenvalue weighted by atomic mass is 16.5. The van der Waals surface area contributed by atoms with Gasteiger partial charge in [0.1, 0.15) is 28.7 Å². The van der Waals surface area contributed by atoms with Gasteiger partial charge in [-0.15, -0.1) is 0 Å². The maximum absolute atomic E-state index is 11.4. The number of hydrogen-bond acceptors (Lipinski definition) is 5. The van der Waals surface area contributed by atoms with Crippen molar-refractivity contribution in [2.75, 3.05) is 21.3 Å². The van der Waals surface area contributed by atoms with Crippen molar-refractivity contribution < 1.29 is 24.1 Å². The summed E-state index contributed by atoms with van der Waals surface area (Å²) in [5, 5.41) is 11.4. The van der Waals surface area contributed by atoms with Gasteiger partial charge in [-0.1, -0.05) is 47.6 Å². The molecule has 0 amide bonds. The molecule has 3 aromatic carbocycles. The summed E-state index contributed by atoms with van der Waals surface area (Å²) in [6.07, 6.45) is 0.00431. The van der Waals surface area contributed by atoms with Crippen LogP contribution in [0.5, 0.6) is 28.7 Å². The number of phenolic OH excluding ortho intramolecular Hbond substituents is 1. The van der Waals surface area contributed by atoms with Crippen molar-refractivity contribution in [3.8, 4) is 51.0 Å². The Morgan fingerprint density at radius 3 is 1.66 bits per heavy atom. The fourth-order valence-electron chi connectivity index (χ4n) is 4.62. The minimum absolute atomic E-state index is 0.00431. The molecule has 0 saturated heterocycles. The molecule has 1 N–H and O–H groups in total. The van der Waals surface area contributed by atoms with Crippen molar-refractivity contribution in [3.63, 3.8) is 0 Å². The van der Waals surface area contributed by atoms with Crippen LogP contribution in [0, 0.1) is 6.92 Å². The highest BCUT2D eigenvalue weighted by molar-refractivity contribution is 5.87. The first-order valence-corrected chi connectivity index (χ1v) is 13.1. The maximum atomic E-state index is 11.4. The van der Waals surface area contributed by atoms with Gasteiger partial charge in [0.25, 0.3) is 0 Å². The third kappa shape index (κ3) is 5.87. The van der Waals surface area contributed by atoms with Crippen LogP contribution in [0.2, 0.25) is 0 Å². The van der Waals surface area contributed by atoms with E-state index in [1.807, 2.05) is 38.1 Å². The molecule has 38 heavy (non-hydrogen) atoms. The highest BCUT2D eigenvalue weighted by Crippen LogP contribution is 2.49. The summed E-state index contributed by atoms with van der Waals surface area (Å²) in [5.41, 5.74) is 5.84. The van der Waals surface area contributed by atoms with E-state index in [2.05, 4.69) is 60.6 Å². The van der Waals surface area contributed by atoms with Crippen LogP contribution in [0.1, 0.15) is 72.1 Å². The van der Waals surface area contributed by atoms with Crippen LogP contribution in [0.15, 0.2) is 36.4 Å². The molecule has 0 radical (unpaired) electrons. The SMILES string of the molecule is COc1cc(-c2cc(OC)c(-c3cc(C(C)(C)C)cc(C)c3OC(C)C)cc2OC)c(O)c(C(C)(C)C)c1. The smallest absolute Gasteiger partial charge is 0.130 e. The standard InChI is InChI=1S/C33H44O5/c1-19(2)38-31-20(3)13-21(32(4,5)6)14-26(31)24-18-28(36-11)23(17-29(24)37-12)25-15-22(35-10)16-27(30(25)34)33(7,8)9/h13-19,34H,1-12H3. The van der Waals surface area contributed by atoms with Gasteiger partial charge >= 0.3 is 0 Å². The Kier molecular flexibility index (Phi) is 8.30. The lowest BCUT2D eigenvalue weighted by Gasteiger charge is -2.26. The minimum atomic E-state index is -0.293. The first-order valence-electron chi connectivity index (χ1n) is 13.1. The van der Waals surface area contributed by atoms with E-state index in [0.29, 0.717) is 28.4 Å². The molecule has 0 atom stereocenters. The predicted octanol–water partition coefficient (Wildman–Crippen LogP) is 8.44. The van der Waals surface area contributed by atoms with Gasteiger partial charge in [-0.05, 0) is 73.1 Å². The summed E-state index contributed by atoms with van der Waals surface area (Å²) >= 11 is 0. The molecule has 3 rings (SSSR count). The Bertz CT molecular complexity index is 1310. The molecule has 0 saturated carbocycles. The van der Waals surface area contributed by atoms with E-state index in [1.54, 1.807) is 21.3 Å². The average molecular weight is 521 g/mol. The largest absolute Gasteiger partial charge is 0.507 e. The van der Waals surface area contributed by atoms with Crippen molar-refractivity contribution in [2.45, 2.75) is 79.2 Å². The van der Waals surface area contributed by atoms with Crippen LogP contribution in [-0.4, -0.2) is 32.5 Å². The predicted molar refractivity (Wildman–Crippen MR) is 157 cm³/mol. The first kappa shape index (κ1) is 29.2. The lowest BCUT2D eigenvalue weighted by molar-refractivity contribution is 0.241. The van der Waals surface area contributed by atoms with Gasteiger partial charge in [-0.3, -0.25) is 0 Å². The number of rotatable bonds is 7. The second-order valence-electron chi connectivity index (χ2n) is 12.2. The van der Waals surface area contributed by atoms with E-state index in [4.69, 9.17) is 18.9 Å². The summed E-state index contributed by atoms with van der Waals surface area (Å²) in [5.74, 6) is 2.94. The summed E-state index contributed by atoms with van der Waals surface area (Å²) in [6.45, 7) is 18.9. The molecule has 0 aliphatic rings. The molecule has 0 aliphatic carbocycles. The normalized spacial score (nSPS) is 12.0. The molecule has 0 aliphatic heterocycles. The zero-order valence-electron chi connectivity index (χ0n) is 25.1. The van der Waals surface area contributed by atoms with Crippen LogP contribution >= 0.6 is 0 Å². The van der Waals surface area contributed by atoms with Crippen molar-refractivity contribution in [3.05, 3.63) is 53.1 Å². The van der Waals surface area contributed by atoms with Crippen LogP contribution in [-0.2, 0) is 10.8 Å². The maximum Gasteiger partial charge on any atom is 0.130 e. The van der Waals surface area contributed by atoms with Crippen LogP contribution in [0.3, 0.4) is 0 Å². The number of methoxy groups -OCH3 is 3. The van der Waals surface area contributed by atoms with Gasteiger partial charge in [-0.25, -0.2) is 0 Å². The Labute approximate surface area is 228 Å². The topological polar surface area (TPSA) is 57.2 Å². The van der Waals surface area contributed by atoms with Crippen molar-refractivity contribution in [2.24, 2.45) is 0 Å². The summed E-state index contributed by atoms with van der Waals surface area (Å²) in [4.78, 5) is 0. The molecular formula is C33H44O5. The van der Waals surface area contributed by atoms with Gasteiger partial charge in [-0.2, -0.15) is 0 Å². The fourth-order valence-corrected chi connectivity index (χ4v) is 4.62. The highest BCUT2D eigenvalue weighted by Gasteiger charge is 2.27. The van der Waals surface area contributed by atoms with Crippen LogP contribution in [0.4, 0.5) is 0 Å². The zero-order valence-corrected chi connectivity index (χ0v) is 25.1. The third-order valence-corrected chi connectivity index (χ3v) is 6.72. The molecule has 206 valence electrons. The number of benzene rings is 3. The third-order valence-electron chi connectivity index (χ3n) is 6.72. The molecule has 5 heteroatoms. The van der Waals surface area contributed by atoms with E-state index >= 15 is 0 Å². The van der Waals surface area contributed by atoms with E-state index < -0.39 is 0 Å². The lowest BCUT2D eigenvalue weighted by Crippen LogP contribution is -2.14. The number of aromatic hydroxyl groups is 1. The van der Waals surface area contributed by atoms with Gasteiger partial charge < -0.3 is 24.1 Å². The molecule has 0 spiro atoms. The van der Waals surface area contributed by atoms with Gasteiger partial charge in [0.2, 0.25) is 0 Å². The number of hydrogen-bond donors (Lipinski definition) is 1. The molecule has 3 aromatic rings. The second kappa shape index (κ2) is 10.8. The van der Waals surface area contributed by atoms with E-state index in [-0.39, 0.29) is 22.7 Å². The van der Waals surface area contributed by atoms with Gasteiger partial charge in [0.05, 0.1) is 27.4 Å². The molecule has 5 nitrogen and oxygen atoms in total. The minimum Gasteiger partial charge on any atom is -0.507 e. The Morgan fingerprint density at radius 1 is 0.658 bits per heavy atom. The van der Waals surface area contributed by atoms with Gasteiger partial charge in [0, 0.05) is 27.8 Å². The average Bonchev–Trinajstić information content (AvgIpc) is 2.82. The Morgan fingerprint density at radius 2 is 1.21 bits per heavy atom. The molecular weight excluding hydrogens is 476 g/mol. The van der Waals surface area contributed by atoms with Crippen molar-refractivity contribution in [1.29, 1.82) is 0 Å². The number of phenols is 1. The molecule has 0 aromatic heterocycles. The number of aryl methyl sites for hydroxylation is 1. The van der Waals surface area contributed by atoms with E-state index in [0.717, 1.165) is 28.0 Å². The van der Waals surface area contributed by atoms with Crippen molar-refractivity contribution in [1.82, 2.24) is 0 Å².